The van der Waals surface area contributed by atoms with Crippen molar-refractivity contribution in [2.45, 2.75) is 18.7 Å². The van der Waals surface area contributed by atoms with Gasteiger partial charge in [-0.1, -0.05) is 23.7 Å². The number of amides is 1. The van der Waals surface area contributed by atoms with Crippen LogP contribution in [0.5, 0.6) is 0 Å². The normalized spacial score (nSPS) is 12.2. The first-order valence-electron chi connectivity index (χ1n) is 5.68. The lowest BCUT2D eigenvalue weighted by molar-refractivity contribution is -0.115. The molecular formula is C13H12Cl2N2OS. The van der Waals surface area contributed by atoms with Crippen LogP contribution in [-0.2, 0) is 11.2 Å². The van der Waals surface area contributed by atoms with Gasteiger partial charge in [-0.3, -0.25) is 4.79 Å². The second kappa shape index (κ2) is 6.37. The molecule has 19 heavy (non-hydrogen) atoms. The van der Waals surface area contributed by atoms with Gasteiger partial charge in [0.1, 0.15) is 5.38 Å². The number of hydrogen-bond donors (Lipinski definition) is 1. The van der Waals surface area contributed by atoms with Crippen LogP contribution in [0.25, 0.3) is 0 Å². The van der Waals surface area contributed by atoms with Crippen molar-refractivity contribution in [3.63, 3.8) is 0 Å². The van der Waals surface area contributed by atoms with Gasteiger partial charge in [-0.2, -0.15) is 0 Å². The van der Waals surface area contributed by atoms with E-state index < -0.39 is 5.38 Å². The Morgan fingerprint density at radius 1 is 1.42 bits per heavy atom. The molecule has 0 saturated carbocycles. The van der Waals surface area contributed by atoms with Crippen LogP contribution in [0.3, 0.4) is 0 Å². The van der Waals surface area contributed by atoms with Gasteiger partial charge in [0.25, 0.3) is 0 Å². The van der Waals surface area contributed by atoms with Crippen LogP contribution in [-0.4, -0.2) is 16.3 Å². The Hall–Kier alpha value is -1.10. The molecule has 3 nitrogen and oxygen atoms in total. The number of hydrogen-bond acceptors (Lipinski definition) is 3. The van der Waals surface area contributed by atoms with Crippen molar-refractivity contribution in [3.05, 3.63) is 45.9 Å². The SMILES string of the molecule is CC(Cl)C(=O)Nc1ncc(Cc2ccc(Cl)cc2)s1. The fraction of sp³-hybridized carbons (Fsp3) is 0.231. The molecule has 0 spiro atoms. The molecule has 1 atom stereocenters. The molecular weight excluding hydrogens is 303 g/mol. The number of carbonyl (C=O) groups is 1. The van der Waals surface area contributed by atoms with Crippen molar-refractivity contribution in [3.8, 4) is 0 Å². The minimum atomic E-state index is -0.566. The zero-order chi connectivity index (χ0) is 13.8. The summed E-state index contributed by atoms with van der Waals surface area (Å²) in [7, 11) is 0. The van der Waals surface area contributed by atoms with Crippen LogP contribution in [0.1, 0.15) is 17.4 Å². The summed E-state index contributed by atoms with van der Waals surface area (Å²) in [5.74, 6) is -0.242. The van der Waals surface area contributed by atoms with Crippen molar-refractivity contribution in [2.75, 3.05) is 5.32 Å². The van der Waals surface area contributed by atoms with E-state index in [0.717, 1.165) is 21.9 Å². The quantitative estimate of drug-likeness (QED) is 0.868. The fourth-order valence-electron chi connectivity index (χ4n) is 1.46. The van der Waals surface area contributed by atoms with E-state index in [1.54, 1.807) is 13.1 Å². The molecule has 0 fully saturated rings. The molecule has 0 radical (unpaired) electrons. The third-order valence-corrected chi connectivity index (χ3v) is 3.80. The zero-order valence-electron chi connectivity index (χ0n) is 10.2. The summed E-state index contributed by atoms with van der Waals surface area (Å²) < 4.78 is 0. The summed E-state index contributed by atoms with van der Waals surface area (Å²) in [5, 5.41) is 3.40. The molecule has 1 N–H and O–H groups in total. The van der Waals surface area contributed by atoms with Gasteiger partial charge in [-0.05, 0) is 24.6 Å². The first kappa shape index (κ1) is 14.3. The second-order valence-corrected chi connectivity index (χ2v) is 6.25. The molecule has 100 valence electrons. The van der Waals surface area contributed by atoms with E-state index in [4.69, 9.17) is 23.2 Å². The summed E-state index contributed by atoms with van der Waals surface area (Å²) in [4.78, 5) is 16.6. The monoisotopic (exact) mass is 314 g/mol. The minimum absolute atomic E-state index is 0.242. The maximum Gasteiger partial charge on any atom is 0.243 e. The molecule has 1 heterocycles. The summed E-state index contributed by atoms with van der Waals surface area (Å²) in [5.41, 5.74) is 1.15. The van der Waals surface area contributed by atoms with Crippen molar-refractivity contribution >= 4 is 45.6 Å². The van der Waals surface area contributed by atoms with Crippen molar-refractivity contribution in [1.82, 2.24) is 4.98 Å². The van der Waals surface area contributed by atoms with Gasteiger partial charge < -0.3 is 5.32 Å². The number of benzene rings is 1. The summed E-state index contributed by atoms with van der Waals surface area (Å²) in [6.45, 7) is 1.62. The van der Waals surface area contributed by atoms with Crippen molar-refractivity contribution in [2.24, 2.45) is 0 Å². The van der Waals surface area contributed by atoms with Crippen LogP contribution in [0.15, 0.2) is 30.5 Å². The van der Waals surface area contributed by atoms with E-state index >= 15 is 0 Å². The van der Waals surface area contributed by atoms with Gasteiger partial charge in [0.05, 0.1) is 0 Å². The molecule has 0 aliphatic rings. The molecule has 6 heteroatoms. The van der Waals surface area contributed by atoms with Crippen molar-refractivity contribution < 1.29 is 4.79 Å². The second-order valence-electron chi connectivity index (χ2n) is 4.04. The molecule has 0 aliphatic carbocycles. The molecule has 1 amide bonds. The average molecular weight is 315 g/mol. The van der Waals surface area contributed by atoms with E-state index in [2.05, 4.69) is 10.3 Å². The van der Waals surface area contributed by atoms with Crippen LogP contribution >= 0.6 is 34.5 Å². The number of halogens is 2. The Kier molecular flexibility index (Phi) is 4.80. The lowest BCUT2D eigenvalue weighted by Gasteiger charge is -2.01. The Morgan fingerprint density at radius 3 is 2.74 bits per heavy atom. The number of anilines is 1. The molecule has 1 unspecified atom stereocenters. The van der Waals surface area contributed by atoms with E-state index in [0.29, 0.717) is 5.13 Å². The van der Waals surface area contributed by atoms with Crippen molar-refractivity contribution in [1.29, 1.82) is 0 Å². The molecule has 2 aromatic rings. The van der Waals surface area contributed by atoms with Gasteiger partial charge in [0, 0.05) is 22.5 Å². The van der Waals surface area contributed by atoms with Gasteiger partial charge in [0.2, 0.25) is 5.91 Å². The van der Waals surface area contributed by atoms with E-state index in [-0.39, 0.29) is 5.91 Å². The predicted molar refractivity (Wildman–Crippen MR) is 80.3 cm³/mol. The standard InChI is InChI=1S/C13H12Cl2N2OS/c1-8(14)12(18)17-13-16-7-11(19-13)6-9-2-4-10(15)5-3-9/h2-5,7-8H,6H2,1H3,(H,16,17,18). The minimum Gasteiger partial charge on any atom is -0.301 e. The van der Waals surface area contributed by atoms with Crippen LogP contribution in [0.4, 0.5) is 5.13 Å². The van der Waals surface area contributed by atoms with Crippen LogP contribution in [0, 0.1) is 0 Å². The van der Waals surface area contributed by atoms with Gasteiger partial charge in [-0.15, -0.1) is 22.9 Å². The van der Waals surface area contributed by atoms with Gasteiger partial charge in [0.15, 0.2) is 5.13 Å². The molecule has 0 saturated heterocycles. The third-order valence-electron chi connectivity index (χ3n) is 2.44. The smallest absolute Gasteiger partial charge is 0.243 e. The highest BCUT2D eigenvalue weighted by molar-refractivity contribution is 7.15. The first-order chi connectivity index (χ1) is 9.04. The largest absolute Gasteiger partial charge is 0.301 e. The molecule has 2 rings (SSSR count). The van der Waals surface area contributed by atoms with Crippen LogP contribution < -0.4 is 5.32 Å². The third kappa shape index (κ3) is 4.20. The predicted octanol–water partition coefficient (Wildman–Crippen LogP) is 3.95. The number of thiazole rings is 1. The Balaban J connectivity index is 2.01. The Labute approximate surface area is 125 Å². The number of alkyl halides is 1. The van der Waals surface area contributed by atoms with Crippen LogP contribution in [0.2, 0.25) is 5.02 Å². The summed E-state index contributed by atoms with van der Waals surface area (Å²) in [6.07, 6.45) is 2.52. The molecule has 1 aromatic heterocycles. The highest BCUT2D eigenvalue weighted by atomic mass is 35.5. The highest BCUT2D eigenvalue weighted by Crippen LogP contribution is 2.22. The Bertz CT molecular complexity index is 566. The summed E-state index contributed by atoms with van der Waals surface area (Å²) in [6, 6.07) is 7.66. The van der Waals surface area contributed by atoms with E-state index in [1.807, 2.05) is 24.3 Å². The highest BCUT2D eigenvalue weighted by Gasteiger charge is 2.11. The lowest BCUT2D eigenvalue weighted by Crippen LogP contribution is -2.19. The summed E-state index contributed by atoms with van der Waals surface area (Å²) >= 11 is 13.0. The molecule has 0 aliphatic heterocycles. The number of rotatable bonds is 4. The average Bonchev–Trinajstić information content (AvgIpc) is 2.79. The Morgan fingerprint density at radius 2 is 2.11 bits per heavy atom. The number of carbonyl (C=O) groups excluding carboxylic acids is 1. The number of aromatic nitrogens is 1. The van der Waals surface area contributed by atoms with Gasteiger partial charge in [-0.25, -0.2) is 4.98 Å². The maximum absolute atomic E-state index is 11.4. The fourth-order valence-corrected chi connectivity index (χ4v) is 2.49. The maximum atomic E-state index is 11.4. The zero-order valence-corrected chi connectivity index (χ0v) is 12.5. The molecule has 1 aromatic carbocycles. The topological polar surface area (TPSA) is 42.0 Å². The lowest BCUT2D eigenvalue weighted by atomic mass is 10.1. The molecule has 0 bridgehead atoms. The van der Waals surface area contributed by atoms with E-state index in [9.17, 15) is 4.79 Å². The van der Waals surface area contributed by atoms with E-state index in [1.165, 1.54) is 11.3 Å². The number of nitrogens with zero attached hydrogens (tertiary/aromatic N) is 1. The first-order valence-corrected chi connectivity index (χ1v) is 7.32. The van der Waals surface area contributed by atoms with Gasteiger partial charge >= 0.3 is 0 Å². The number of nitrogens with one attached hydrogen (secondary N) is 1.